The van der Waals surface area contributed by atoms with Gasteiger partial charge in [-0.15, -0.1) is 0 Å². The molecule has 1 aromatic carbocycles. The highest BCUT2D eigenvalue weighted by Gasteiger charge is 2.50. The number of allylic oxidation sites excluding steroid dienone is 2. The van der Waals surface area contributed by atoms with Gasteiger partial charge in [0.05, 0.1) is 5.02 Å². The summed E-state index contributed by atoms with van der Waals surface area (Å²) in [7, 11) is 0. The highest BCUT2D eigenvalue weighted by Crippen LogP contribution is 2.61. The first-order valence-electron chi connectivity index (χ1n) is 7.83. The number of halogens is 2. The van der Waals surface area contributed by atoms with Crippen LogP contribution in [-0.2, 0) is 11.2 Å². The first-order valence-corrected chi connectivity index (χ1v) is 8.58. The van der Waals surface area contributed by atoms with E-state index in [1.807, 2.05) is 12.1 Å². The first kappa shape index (κ1) is 15.1. The van der Waals surface area contributed by atoms with Crippen molar-refractivity contribution in [2.45, 2.75) is 32.1 Å². The Hall–Kier alpha value is -1.50. The van der Waals surface area contributed by atoms with Crippen molar-refractivity contribution in [3.05, 3.63) is 33.3 Å². The topological polar surface area (TPSA) is 50.1 Å². The van der Waals surface area contributed by atoms with Gasteiger partial charge < -0.3 is 4.74 Å². The summed E-state index contributed by atoms with van der Waals surface area (Å²) in [5.74, 6) is 0.830. The molecule has 0 amide bonds. The quantitative estimate of drug-likeness (QED) is 0.785. The van der Waals surface area contributed by atoms with Crippen molar-refractivity contribution in [3.8, 4) is 11.8 Å². The van der Waals surface area contributed by atoms with Gasteiger partial charge in [0.1, 0.15) is 16.8 Å². The highest BCUT2D eigenvalue weighted by molar-refractivity contribution is 6.44. The summed E-state index contributed by atoms with van der Waals surface area (Å²) in [6, 6.07) is 3.83. The molecule has 23 heavy (non-hydrogen) atoms. The molecule has 3 aliphatic carbocycles. The maximum absolute atomic E-state index is 12.3. The molecule has 5 heteroatoms. The van der Waals surface area contributed by atoms with Gasteiger partial charge in [-0.1, -0.05) is 29.6 Å². The van der Waals surface area contributed by atoms with Crippen LogP contribution in [0.5, 0.6) is 5.75 Å². The number of benzene rings is 1. The van der Waals surface area contributed by atoms with Gasteiger partial charge in [-0.2, -0.15) is 5.26 Å². The van der Waals surface area contributed by atoms with E-state index in [1.54, 1.807) is 6.08 Å². The lowest BCUT2D eigenvalue weighted by atomic mass is 9.61. The standard InChI is InChI=1S/C18H15Cl2NO2/c19-16-14(23-5-4-21)6-11-9-18-3-1-2-10(8-18)13(22)7-12(18)15(11)17(16)20/h6-7,10H,1-3,5,8-9H2. The molecule has 1 spiro atoms. The fourth-order valence-electron chi connectivity index (χ4n) is 4.52. The van der Waals surface area contributed by atoms with Crippen LogP contribution >= 0.6 is 23.2 Å². The summed E-state index contributed by atoms with van der Waals surface area (Å²) in [4.78, 5) is 12.3. The molecule has 0 aliphatic heterocycles. The van der Waals surface area contributed by atoms with Crippen molar-refractivity contribution in [3.63, 3.8) is 0 Å². The molecule has 1 saturated carbocycles. The van der Waals surface area contributed by atoms with Gasteiger partial charge in [-0.3, -0.25) is 4.79 Å². The third kappa shape index (κ3) is 2.12. The number of ether oxygens (including phenoxy) is 1. The lowest BCUT2D eigenvalue weighted by Crippen LogP contribution is -2.35. The molecule has 3 aliphatic rings. The van der Waals surface area contributed by atoms with E-state index in [9.17, 15) is 4.79 Å². The first-order chi connectivity index (χ1) is 11.1. The smallest absolute Gasteiger partial charge is 0.174 e. The summed E-state index contributed by atoms with van der Waals surface area (Å²) < 4.78 is 5.40. The number of rotatable bonds is 2. The zero-order valence-electron chi connectivity index (χ0n) is 12.5. The maximum atomic E-state index is 12.3. The zero-order valence-corrected chi connectivity index (χ0v) is 14.0. The molecule has 0 heterocycles. The average Bonchev–Trinajstić information content (AvgIpc) is 2.82. The molecule has 0 aromatic heterocycles. The molecule has 1 fully saturated rings. The minimum absolute atomic E-state index is 0.0278. The third-order valence-corrected chi connectivity index (χ3v) is 6.30. The lowest BCUT2D eigenvalue weighted by molar-refractivity contribution is -0.120. The maximum Gasteiger partial charge on any atom is 0.174 e. The van der Waals surface area contributed by atoms with Crippen LogP contribution in [0.15, 0.2) is 12.1 Å². The van der Waals surface area contributed by atoms with Crippen molar-refractivity contribution in [2.75, 3.05) is 6.61 Å². The molecule has 2 atom stereocenters. The Labute approximate surface area is 144 Å². The van der Waals surface area contributed by atoms with Crippen LogP contribution in [0.4, 0.5) is 0 Å². The van der Waals surface area contributed by atoms with Crippen LogP contribution in [-0.4, -0.2) is 12.4 Å². The summed E-state index contributed by atoms with van der Waals surface area (Å²) in [6.07, 6.45) is 6.74. The number of nitrogens with zero attached hydrogens (tertiary/aromatic N) is 1. The second kappa shape index (κ2) is 5.26. The van der Waals surface area contributed by atoms with Crippen LogP contribution in [0, 0.1) is 22.7 Å². The average molecular weight is 348 g/mol. The normalized spacial score (nSPS) is 27.8. The van der Waals surface area contributed by atoms with Crippen LogP contribution in [0.1, 0.15) is 36.8 Å². The Morgan fingerprint density at radius 2 is 2.22 bits per heavy atom. The Kier molecular flexibility index (Phi) is 3.44. The lowest BCUT2D eigenvalue weighted by Gasteiger charge is -2.42. The number of carbonyl (C=O) groups excluding carboxylic acids is 1. The molecule has 118 valence electrons. The number of ketones is 1. The van der Waals surface area contributed by atoms with E-state index in [0.717, 1.165) is 48.8 Å². The fraction of sp³-hybridized carbons (Fsp3) is 0.444. The Morgan fingerprint density at radius 1 is 1.39 bits per heavy atom. The number of nitriles is 1. The number of fused-ring (bicyclic) bond motifs is 3. The van der Waals surface area contributed by atoms with E-state index in [1.165, 1.54) is 0 Å². The van der Waals surface area contributed by atoms with Gasteiger partial charge in [0.15, 0.2) is 12.4 Å². The fourth-order valence-corrected chi connectivity index (χ4v) is 5.04. The predicted octanol–water partition coefficient (Wildman–Crippen LogP) is 4.59. The van der Waals surface area contributed by atoms with Crippen molar-refractivity contribution < 1.29 is 9.53 Å². The van der Waals surface area contributed by atoms with E-state index in [4.69, 9.17) is 33.2 Å². The molecule has 2 unspecified atom stereocenters. The van der Waals surface area contributed by atoms with Crippen LogP contribution < -0.4 is 4.74 Å². The van der Waals surface area contributed by atoms with E-state index in [2.05, 4.69) is 0 Å². The molecular formula is C18H15Cl2NO2. The van der Waals surface area contributed by atoms with Gasteiger partial charge in [-0.25, -0.2) is 0 Å². The van der Waals surface area contributed by atoms with Crippen molar-refractivity contribution >= 4 is 34.6 Å². The van der Waals surface area contributed by atoms with E-state index >= 15 is 0 Å². The summed E-state index contributed by atoms with van der Waals surface area (Å²) in [5.41, 5.74) is 3.08. The van der Waals surface area contributed by atoms with Gasteiger partial charge >= 0.3 is 0 Å². The predicted molar refractivity (Wildman–Crippen MR) is 88.6 cm³/mol. The van der Waals surface area contributed by atoms with Crippen LogP contribution in [0.3, 0.4) is 0 Å². The third-order valence-electron chi connectivity index (χ3n) is 5.45. The number of carbonyl (C=O) groups is 1. The monoisotopic (exact) mass is 347 g/mol. The van der Waals surface area contributed by atoms with E-state index in [0.29, 0.717) is 15.8 Å². The molecule has 0 N–H and O–H groups in total. The minimum Gasteiger partial charge on any atom is -0.477 e. The Balaban J connectivity index is 1.86. The van der Waals surface area contributed by atoms with Crippen LogP contribution in [0.25, 0.3) is 5.57 Å². The Bertz CT molecular complexity index is 793. The largest absolute Gasteiger partial charge is 0.477 e. The van der Waals surface area contributed by atoms with Crippen molar-refractivity contribution in [1.82, 2.24) is 0 Å². The molecular weight excluding hydrogens is 333 g/mol. The van der Waals surface area contributed by atoms with E-state index in [-0.39, 0.29) is 23.7 Å². The van der Waals surface area contributed by atoms with Crippen molar-refractivity contribution in [1.29, 1.82) is 5.26 Å². The second-order valence-electron chi connectivity index (χ2n) is 6.69. The molecule has 1 aromatic rings. The van der Waals surface area contributed by atoms with Crippen LogP contribution in [0.2, 0.25) is 10.0 Å². The molecule has 0 radical (unpaired) electrons. The summed E-state index contributed by atoms with van der Waals surface area (Å²) in [6.45, 7) is -0.0662. The summed E-state index contributed by atoms with van der Waals surface area (Å²) in [5, 5.41) is 9.46. The SMILES string of the molecule is N#CCOc1cc2c(c(Cl)c1Cl)C1=CC(=O)C3CCCC1(C2)C3. The second-order valence-corrected chi connectivity index (χ2v) is 7.45. The summed E-state index contributed by atoms with van der Waals surface area (Å²) >= 11 is 12.8. The van der Waals surface area contributed by atoms with Crippen molar-refractivity contribution in [2.24, 2.45) is 11.3 Å². The van der Waals surface area contributed by atoms with E-state index < -0.39 is 0 Å². The highest BCUT2D eigenvalue weighted by atomic mass is 35.5. The minimum atomic E-state index is -0.0662. The molecule has 4 rings (SSSR count). The molecule has 3 nitrogen and oxygen atoms in total. The van der Waals surface area contributed by atoms with Gasteiger partial charge in [0, 0.05) is 16.9 Å². The van der Waals surface area contributed by atoms with Gasteiger partial charge in [-0.05, 0) is 49.0 Å². The Morgan fingerprint density at radius 3 is 3.00 bits per heavy atom. The number of hydrogen-bond donors (Lipinski definition) is 0. The van der Waals surface area contributed by atoms with Gasteiger partial charge in [0.25, 0.3) is 0 Å². The molecule has 0 saturated heterocycles. The zero-order chi connectivity index (χ0) is 16.2. The molecule has 2 bridgehead atoms. The number of hydrogen-bond acceptors (Lipinski definition) is 3. The van der Waals surface area contributed by atoms with Gasteiger partial charge in [0.2, 0.25) is 0 Å².